The molecule has 1 aromatic carbocycles. The molecule has 1 aromatic rings. The van der Waals surface area contributed by atoms with Crippen LogP contribution < -0.4 is 10.6 Å². The monoisotopic (exact) mass is 331 g/mol. The number of nitrogens with zero attached hydrogens (tertiary/aromatic N) is 1. The zero-order chi connectivity index (χ0) is 17.9. The molecule has 0 radical (unpaired) electrons. The molecule has 0 spiro atoms. The summed E-state index contributed by atoms with van der Waals surface area (Å²) < 4.78 is 0. The number of aromatic hydroxyl groups is 1. The van der Waals surface area contributed by atoms with Crippen LogP contribution in [0, 0.1) is 11.3 Å². The van der Waals surface area contributed by atoms with Gasteiger partial charge >= 0.3 is 5.97 Å². The first-order valence-corrected chi connectivity index (χ1v) is 7.06. The van der Waals surface area contributed by atoms with Gasteiger partial charge in [0.25, 0.3) is 0 Å². The summed E-state index contributed by atoms with van der Waals surface area (Å²) in [7, 11) is 0. The number of carboxylic acid groups (broad SMARTS) is 1. The van der Waals surface area contributed by atoms with Crippen molar-refractivity contribution in [3.63, 3.8) is 0 Å². The van der Waals surface area contributed by atoms with E-state index < -0.39 is 23.8 Å². The number of phenolic OH excluding ortho intramolecular Hbond substituents is 1. The summed E-state index contributed by atoms with van der Waals surface area (Å²) in [5.74, 6) is -2.42. The zero-order valence-electron chi connectivity index (χ0n) is 12.7. The highest BCUT2D eigenvalue weighted by molar-refractivity contribution is 5.96. The Morgan fingerprint density at radius 3 is 2.46 bits per heavy atom. The van der Waals surface area contributed by atoms with Crippen LogP contribution in [0.5, 0.6) is 5.75 Å². The zero-order valence-corrected chi connectivity index (χ0v) is 12.7. The van der Waals surface area contributed by atoms with Gasteiger partial charge in [-0.25, -0.2) is 4.79 Å². The Morgan fingerprint density at radius 1 is 1.21 bits per heavy atom. The van der Waals surface area contributed by atoms with Crippen molar-refractivity contribution in [2.24, 2.45) is 0 Å². The Hall–Kier alpha value is -3.34. The Balaban J connectivity index is 2.79. The maximum Gasteiger partial charge on any atom is 0.328 e. The predicted molar refractivity (Wildman–Crippen MR) is 83.8 cm³/mol. The summed E-state index contributed by atoms with van der Waals surface area (Å²) in [6.45, 7) is 0.141. The summed E-state index contributed by atoms with van der Waals surface area (Å²) in [4.78, 5) is 34.3. The number of phenols is 1. The number of nitriles is 1. The molecule has 0 aromatic heterocycles. The number of amides is 2. The molecule has 8 nitrogen and oxygen atoms in total. The number of hydrogen-bond acceptors (Lipinski definition) is 5. The third kappa shape index (κ3) is 7.09. The van der Waals surface area contributed by atoms with Crippen LogP contribution in [0.25, 0.3) is 0 Å². The fourth-order valence-corrected chi connectivity index (χ4v) is 1.81. The highest BCUT2D eigenvalue weighted by atomic mass is 16.4. The molecule has 1 atom stereocenters. The number of carboxylic acids is 1. The van der Waals surface area contributed by atoms with Crippen LogP contribution in [0.15, 0.2) is 36.4 Å². The topological polar surface area (TPSA) is 140 Å². The minimum atomic E-state index is -1.28. The first-order chi connectivity index (χ1) is 11.4. The molecule has 0 bridgehead atoms. The molecule has 8 heteroatoms. The molecule has 0 aliphatic carbocycles. The van der Waals surface area contributed by atoms with Crippen molar-refractivity contribution in [2.45, 2.75) is 18.9 Å². The van der Waals surface area contributed by atoms with Crippen molar-refractivity contribution in [2.75, 3.05) is 6.54 Å². The van der Waals surface area contributed by atoms with Crippen LogP contribution in [0.4, 0.5) is 0 Å². The Kier molecular flexibility index (Phi) is 7.51. The van der Waals surface area contributed by atoms with Crippen LogP contribution in [0.3, 0.4) is 0 Å². The SMILES string of the molecule is N#CCCNC(=O)C(Cc1ccc(O)cc1)NC(=O)C=CC(=O)O. The molecule has 1 unspecified atom stereocenters. The lowest BCUT2D eigenvalue weighted by atomic mass is 10.0. The van der Waals surface area contributed by atoms with Crippen molar-refractivity contribution >= 4 is 17.8 Å². The molecular formula is C16H17N3O5. The van der Waals surface area contributed by atoms with Gasteiger partial charge in [0.05, 0.1) is 12.5 Å². The standard InChI is InChI=1S/C16H17N3O5/c17-8-1-9-18-16(24)13(19-14(21)6-7-15(22)23)10-11-2-4-12(20)5-3-11/h2-7,13,20H,1,9-10H2,(H,18,24)(H,19,21)(H,22,23). The van der Waals surface area contributed by atoms with Gasteiger partial charge in [-0.15, -0.1) is 0 Å². The molecule has 0 saturated heterocycles. The summed E-state index contributed by atoms with van der Waals surface area (Å²) in [6, 6.07) is 7.04. The molecule has 0 saturated carbocycles. The number of carbonyl (C=O) groups is 3. The molecule has 0 heterocycles. The van der Waals surface area contributed by atoms with Gasteiger partial charge in [-0.1, -0.05) is 12.1 Å². The average Bonchev–Trinajstić information content (AvgIpc) is 2.54. The molecule has 1 rings (SSSR count). The number of aliphatic carboxylic acids is 1. The van der Waals surface area contributed by atoms with E-state index >= 15 is 0 Å². The minimum Gasteiger partial charge on any atom is -0.508 e. The summed E-state index contributed by atoms with van der Waals surface area (Å²) in [6.07, 6.45) is 1.76. The van der Waals surface area contributed by atoms with Gasteiger partial charge in [0, 0.05) is 25.1 Å². The maximum absolute atomic E-state index is 12.1. The highest BCUT2D eigenvalue weighted by Gasteiger charge is 2.20. The Bertz CT molecular complexity index is 661. The molecular weight excluding hydrogens is 314 g/mol. The van der Waals surface area contributed by atoms with Crippen molar-refractivity contribution in [3.05, 3.63) is 42.0 Å². The second kappa shape index (κ2) is 9.63. The number of hydrogen-bond donors (Lipinski definition) is 4. The van der Waals surface area contributed by atoms with E-state index in [4.69, 9.17) is 10.4 Å². The van der Waals surface area contributed by atoms with Gasteiger partial charge in [0.15, 0.2) is 0 Å². The van der Waals surface area contributed by atoms with Gasteiger partial charge in [-0.05, 0) is 17.7 Å². The summed E-state index contributed by atoms with van der Waals surface area (Å²) >= 11 is 0. The minimum absolute atomic E-state index is 0.0715. The van der Waals surface area contributed by atoms with Crippen molar-refractivity contribution < 1.29 is 24.6 Å². The fraction of sp³-hybridized carbons (Fsp3) is 0.250. The molecule has 0 aliphatic heterocycles. The van der Waals surface area contributed by atoms with E-state index in [1.54, 1.807) is 12.1 Å². The lowest BCUT2D eigenvalue weighted by Crippen LogP contribution is -2.47. The fourth-order valence-electron chi connectivity index (χ4n) is 1.81. The number of rotatable bonds is 8. The quantitative estimate of drug-likeness (QED) is 0.393. The lowest BCUT2D eigenvalue weighted by Gasteiger charge is -2.17. The molecule has 24 heavy (non-hydrogen) atoms. The van der Waals surface area contributed by atoms with E-state index in [1.165, 1.54) is 12.1 Å². The molecule has 0 aliphatic rings. The van der Waals surface area contributed by atoms with E-state index in [-0.39, 0.29) is 25.1 Å². The predicted octanol–water partition coefficient (Wildman–Crippen LogP) is 0.0902. The second-order valence-electron chi connectivity index (χ2n) is 4.80. The van der Waals surface area contributed by atoms with Crippen LogP contribution >= 0.6 is 0 Å². The van der Waals surface area contributed by atoms with Crippen molar-refractivity contribution in [1.82, 2.24) is 10.6 Å². The lowest BCUT2D eigenvalue weighted by molar-refractivity contribution is -0.131. The van der Waals surface area contributed by atoms with Crippen LogP contribution in [-0.4, -0.2) is 40.6 Å². The maximum atomic E-state index is 12.1. The smallest absolute Gasteiger partial charge is 0.328 e. The van der Waals surface area contributed by atoms with Gasteiger partial charge in [-0.2, -0.15) is 5.26 Å². The van der Waals surface area contributed by atoms with E-state index in [0.717, 1.165) is 6.08 Å². The highest BCUT2D eigenvalue weighted by Crippen LogP contribution is 2.11. The molecule has 126 valence electrons. The largest absolute Gasteiger partial charge is 0.508 e. The Labute approximate surface area is 138 Å². The van der Waals surface area contributed by atoms with E-state index in [0.29, 0.717) is 11.6 Å². The third-order valence-electron chi connectivity index (χ3n) is 2.92. The van der Waals surface area contributed by atoms with Crippen LogP contribution in [-0.2, 0) is 20.8 Å². The van der Waals surface area contributed by atoms with Crippen molar-refractivity contribution in [3.8, 4) is 11.8 Å². The first kappa shape index (κ1) is 18.7. The van der Waals surface area contributed by atoms with Gasteiger partial charge in [-0.3, -0.25) is 9.59 Å². The van der Waals surface area contributed by atoms with E-state index in [1.807, 2.05) is 6.07 Å². The first-order valence-electron chi connectivity index (χ1n) is 7.06. The average molecular weight is 331 g/mol. The molecule has 0 fully saturated rings. The second-order valence-corrected chi connectivity index (χ2v) is 4.80. The number of carbonyl (C=O) groups excluding carboxylic acids is 2. The van der Waals surface area contributed by atoms with Gasteiger partial charge < -0.3 is 20.8 Å². The van der Waals surface area contributed by atoms with E-state index in [2.05, 4.69) is 10.6 Å². The van der Waals surface area contributed by atoms with Crippen LogP contribution in [0.1, 0.15) is 12.0 Å². The normalized spacial score (nSPS) is 11.5. The summed E-state index contributed by atoms with van der Waals surface area (Å²) in [5, 5.41) is 31.2. The molecule has 4 N–H and O–H groups in total. The van der Waals surface area contributed by atoms with Crippen LogP contribution in [0.2, 0.25) is 0 Å². The third-order valence-corrected chi connectivity index (χ3v) is 2.92. The van der Waals surface area contributed by atoms with Gasteiger partial charge in [0.2, 0.25) is 11.8 Å². The number of benzene rings is 1. The number of nitrogens with one attached hydrogen (secondary N) is 2. The summed E-state index contributed by atoms with van der Waals surface area (Å²) in [5.41, 5.74) is 0.691. The van der Waals surface area contributed by atoms with Gasteiger partial charge in [0.1, 0.15) is 11.8 Å². The van der Waals surface area contributed by atoms with Crippen molar-refractivity contribution in [1.29, 1.82) is 5.26 Å². The Morgan fingerprint density at radius 2 is 1.88 bits per heavy atom. The molecule has 2 amide bonds. The van der Waals surface area contributed by atoms with E-state index in [9.17, 15) is 19.5 Å².